The van der Waals surface area contributed by atoms with Crippen LogP contribution in [0.2, 0.25) is 0 Å². The van der Waals surface area contributed by atoms with E-state index in [1.165, 1.54) is 36.0 Å². The van der Waals surface area contributed by atoms with Crippen molar-refractivity contribution >= 4 is 33.8 Å². The molecule has 3 nitrogen and oxygen atoms in total. The van der Waals surface area contributed by atoms with Crippen molar-refractivity contribution in [3.8, 4) is 67.5 Å². The van der Waals surface area contributed by atoms with Gasteiger partial charge in [0.2, 0.25) is 0 Å². The zero-order valence-corrected chi connectivity index (χ0v) is 28.2. The Bertz CT molecular complexity index is 2570. The van der Waals surface area contributed by atoms with Crippen molar-refractivity contribution in [2.75, 3.05) is 0 Å². The van der Waals surface area contributed by atoms with Gasteiger partial charge in [-0.15, -0.1) is 0 Å². The molecule has 9 aromatic rings. The molecule has 0 aliphatic heterocycles. The molecule has 0 bridgehead atoms. The first kappa shape index (κ1) is 29.2. The maximum atomic E-state index is 5.07. The van der Waals surface area contributed by atoms with Crippen LogP contribution in [-0.2, 0) is 0 Å². The molecule has 0 amide bonds. The van der Waals surface area contributed by atoms with Gasteiger partial charge in [-0.3, -0.25) is 0 Å². The molecular formula is C45H29N3Se. The van der Waals surface area contributed by atoms with Gasteiger partial charge in [-0.25, -0.2) is 0 Å². The van der Waals surface area contributed by atoms with Crippen molar-refractivity contribution in [2.24, 2.45) is 0 Å². The first-order chi connectivity index (χ1) is 24.3. The van der Waals surface area contributed by atoms with Gasteiger partial charge in [0.15, 0.2) is 0 Å². The molecule has 9 rings (SSSR count). The minimum absolute atomic E-state index is 0.281. The number of hydrogen-bond acceptors (Lipinski definition) is 3. The number of rotatable bonds is 6. The van der Waals surface area contributed by atoms with Crippen molar-refractivity contribution in [1.82, 2.24) is 15.0 Å². The summed E-state index contributed by atoms with van der Waals surface area (Å²) in [5.74, 6) is 1.95. The van der Waals surface area contributed by atoms with Crippen molar-refractivity contribution in [3.63, 3.8) is 0 Å². The van der Waals surface area contributed by atoms with E-state index in [-0.39, 0.29) is 14.5 Å². The van der Waals surface area contributed by atoms with E-state index in [2.05, 4.69) is 164 Å². The number of nitrogens with zero attached hydrogens (tertiary/aromatic N) is 3. The third-order valence-corrected chi connectivity index (χ3v) is 11.5. The summed E-state index contributed by atoms with van der Waals surface area (Å²) in [5.41, 5.74) is 9.97. The number of hydrogen-bond donors (Lipinski definition) is 0. The molecule has 0 aliphatic rings. The molecule has 0 unspecified atom stereocenters. The van der Waals surface area contributed by atoms with Crippen LogP contribution in [0.15, 0.2) is 176 Å². The van der Waals surface area contributed by atoms with E-state index in [1.54, 1.807) is 0 Å². The van der Waals surface area contributed by atoms with Crippen LogP contribution in [0, 0.1) is 0 Å². The topological polar surface area (TPSA) is 38.7 Å². The fraction of sp³-hybridized carbons (Fsp3) is 0. The van der Waals surface area contributed by atoms with Crippen LogP contribution in [0.4, 0.5) is 0 Å². The molecule has 4 heteroatoms. The number of benzene rings is 7. The van der Waals surface area contributed by atoms with E-state index in [0.717, 1.165) is 33.4 Å². The van der Waals surface area contributed by atoms with Gasteiger partial charge in [0.25, 0.3) is 0 Å². The fourth-order valence-electron chi connectivity index (χ4n) is 6.45. The molecule has 0 saturated carbocycles. The summed E-state index contributed by atoms with van der Waals surface area (Å²) in [6, 6.07) is 61.9. The molecule has 0 radical (unpaired) electrons. The second-order valence-electron chi connectivity index (χ2n) is 12.1. The SMILES string of the molecule is c1ccc(-c2ccc(-c3nc(-c4ccc(-c5cccc6c5[se]c5ccccc56)cc4)nc(-c4cccc(-c5ccccc5)c4)n3)cc2)cc1. The standard InChI is InChI=1S/C45H29N3Se/c1-3-11-30(12-4-1)32-21-25-34(26-22-32)43-46-44(48-45(47-43)37-16-9-15-36(29-37)31-13-5-2-6-14-31)35-27-23-33(24-28-35)38-18-10-19-40-39-17-7-8-20-41(39)49-42(38)40/h1-29H. The van der Waals surface area contributed by atoms with Crippen LogP contribution in [0.5, 0.6) is 0 Å². The van der Waals surface area contributed by atoms with Crippen LogP contribution in [0.25, 0.3) is 86.8 Å². The van der Waals surface area contributed by atoms with Gasteiger partial charge in [-0.1, -0.05) is 66.7 Å². The van der Waals surface area contributed by atoms with Crippen LogP contribution in [-0.4, -0.2) is 29.5 Å². The number of aromatic nitrogens is 3. The van der Waals surface area contributed by atoms with E-state index in [0.29, 0.717) is 17.5 Å². The van der Waals surface area contributed by atoms with Crippen LogP contribution >= 0.6 is 0 Å². The molecule has 2 heterocycles. The van der Waals surface area contributed by atoms with Crippen LogP contribution in [0.1, 0.15) is 0 Å². The molecule has 0 spiro atoms. The molecule has 0 atom stereocenters. The van der Waals surface area contributed by atoms with E-state index < -0.39 is 0 Å². The van der Waals surface area contributed by atoms with Gasteiger partial charge in [0.1, 0.15) is 0 Å². The van der Waals surface area contributed by atoms with E-state index in [9.17, 15) is 0 Å². The molecule has 49 heavy (non-hydrogen) atoms. The Balaban J connectivity index is 1.14. The second kappa shape index (κ2) is 12.6. The predicted molar refractivity (Wildman–Crippen MR) is 204 cm³/mol. The Morgan fingerprint density at radius 3 is 1.43 bits per heavy atom. The van der Waals surface area contributed by atoms with Gasteiger partial charge in [0.05, 0.1) is 0 Å². The zero-order valence-electron chi connectivity index (χ0n) is 26.5. The molecule has 0 saturated heterocycles. The van der Waals surface area contributed by atoms with Crippen LogP contribution < -0.4 is 0 Å². The average Bonchev–Trinajstić information content (AvgIpc) is 3.58. The van der Waals surface area contributed by atoms with Gasteiger partial charge in [-0.2, -0.15) is 0 Å². The van der Waals surface area contributed by atoms with Gasteiger partial charge in [-0.05, 0) is 16.7 Å². The van der Waals surface area contributed by atoms with E-state index in [1.807, 2.05) is 12.1 Å². The third kappa shape index (κ3) is 5.68. The van der Waals surface area contributed by atoms with E-state index in [4.69, 9.17) is 15.0 Å². The Morgan fingerprint density at radius 1 is 0.306 bits per heavy atom. The summed E-state index contributed by atoms with van der Waals surface area (Å²) < 4.78 is 2.90. The fourth-order valence-corrected chi connectivity index (χ4v) is 9.05. The molecule has 0 fully saturated rings. The Labute approximate surface area is 291 Å². The average molecular weight is 691 g/mol. The molecular weight excluding hydrogens is 661 g/mol. The van der Waals surface area contributed by atoms with Crippen molar-refractivity contribution in [3.05, 3.63) is 176 Å². The monoisotopic (exact) mass is 691 g/mol. The Hall–Kier alpha value is -5.93. The summed E-state index contributed by atoms with van der Waals surface area (Å²) in [6.45, 7) is 0. The molecule has 7 aromatic carbocycles. The summed E-state index contributed by atoms with van der Waals surface area (Å²) in [5, 5.41) is 2.73. The van der Waals surface area contributed by atoms with Crippen molar-refractivity contribution in [2.45, 2.75) is 0 Å². The molecule has 2 aromatic heterocycles. The zero-order chi connectivity index (χ0) is 32.6. The quantitative estimate of drug-likeness (QED) is 0.163. The summed E-state index contributed by atoms with van der Waals surface area (Å²) >= 11 is 0.281. The normalized spacial score (nSPS) is 11.3. The summed E-state index contributed by atoms with van der Waals surface area (Å²) in [6.07, 6.45) is 0. The van der Waals surface area contributed by atoms with Gasteiger partial charge in [0, 0.05) is 0 Å². The first-order valence-corrected chi connectivity index (χ1v) is 18.1. The van der Waals surface area contributed by atoms with Gasteiger partial charge >= 0.3 is 209 Å². The molecule has 0 N–H and O–H groups in total. The van der Waals surface area contributed by atoms with Gasteiger partial charge < -0.3 is 0 Å². The maximum absolute atomic E-state index is 5.07. The minimum Gasteiger partial charge on any atom is -0.0617 e. The first-order valence-electron chi connectivity index (χ1n) is 16.4. The van der Waals surface area contributed by atoms with Crippen LogP contribution in [0.3, 0.4) is 0 Å². The molecule has 0 aliphatic carbocycles. The minimum atomic E-state index is 0.281. The smallest absolute Gasteiger partial charge is 0.0617 e. The third-order valence-electron chi connectivity index (χ3n) is 8.97. The summed E-state index contributed by atoms with van der Waals surface area (Å²) in [7, 11) is 0. The summed E-state index contributed by atoms with van der Waals surface area (Å²) in [4.78, 5) is 15.2. The van der Waals surface area contributed by atoms with Crippen molar-refractivity contribution in [1.29, 1.82) is 0 Å². The Morgan fingerprint density at radius 2 is 0.755 bits per heavy atom. The van der Waals surface area contributed by atoms with Crippen molar-refractivity contribution < 1.29 is 0 Å². The predicted octanol–water partition coefficient (Wildman–Crippen LogP) is 11.2. The Kier molecular flexibility index (Phi) is 7.51. The van der Waals surface area contributed by atoms with E-state index >= 15 is 0 Å². The number of fused-ring (bicyclic) bond motifs is 3. The molecule has 230 valence electrons. The second-order valence-corrected chi connectivity index (χ2v) is 14.3.